The van der Waals surface area contributed by atoms with Gasteiger partial charge in [0.2, 0.25) is 5.91 Å². The van der Waals surface area contributed by atoms with E-state index in [1.807, 2.05) is 30.6 Å². The molecule has 1 rings (SSSR count). The van der Waals surface area contributed by atoms with Crippen molar-refractivity contribution in [3.8, 4) is 0 Å². The van der Waals surface area contributed by atoms with Crippen molar-refractivity contribution in [1.82, 2.24) is 9.80 Å². The molecule has 0 saturated carbocycles. The van der Waals surface area contributed by atoms with Crippen molar-refractivity contribution in [2.24, 2.45) is 5.92 Å². The molecule has 0 spiro atoms. The summed E-state index contributed by atoms with van der Waals surface area (Å²) in [5.41, 5.74) is 0. The van der Waals surface area contributed by atoms with Gasteiger partial charge in [0.25, 0.3) is 0 Å². The minimum atomic E-state index is -0.752. The summed E-state index contributed by atoms with van der Waals surface area (Å²) in [6, 6.07) is -0.125. The molecule has 0 aromatic carbocycles. The highest BCUT2D eigenvalue weighted by Crippen LogP contribution is 2.22. The van der Waals surface area contributed by atoms with Gasteiger partial charge in [-0.15, -0.1) is 0 Å². The van der Waals surface area contributed by atoms with Gasteiger partial charge in [-0.3, -0.25) is 14.5 Å². The fourth-order valence-corrected chi connectivity index (χ4v) is 2.26. The van der Waals surface area contributed by atoms with Crippen LogP contribution in [0.25, 0.3) is 0 Å². The van der Waals surface area contributed by atoms with Crippen molar-refractivity contribution in [2.75, 3.05) is 26.2 Å². The zero-order valence-electron chi connectivity index (χ0n) is 10.8. The van der Waals surface area contributed by atoms with E-state index in [1.54, 1.807) is 0 Å². The summed E-state index contributed by atoms with van der Waals surface area (Å²) in [5, 5.41) is 8.65. The van der Waals surface area contributed by atoms with Gasteiger partial charge >= 0.3 is 5.97 Å². The number of hydrogen-bond acceptors (Lipinski definition) is 3. The lowest BCUT2D eigenvalue weighted by atomic mass is 9.94. The highest BCUT2D eigenvalue weighted by Gasteiger charge is 2.35. The standard InChI is InChI=1S/C12H22N2O3/c1-4-13(5-2)12(17)9(3)14-7-10(8-14)6-11(15)16/h9-10H,4-8H2,1-3H3,(H,15,16). The highest BCUT2D eigenvalue weighted by atomic mass is 16.4. The molecular weight excluding hydrogens is 220 g/mol. The van der Waals surface area contributed by atoms with E-state index in [2.05, 4.69) is 0 Å². The molecular formula is C12H22N2O3. The van der Waals surface area contributed by atoms with Crippen molar-refractivity contribution >= 4 is 11.9 Å². The van der Waals surface area contributed by atoms with E-state index in [1.165, 1.54) is 0 Å². The van der Waals surface area contributed by atoms with E-state index in [9.17, 15) is 9.59 Å². The van der Waals surface area contributed by atoms with Gasteiger partial charge in [0, 0.05) is 26.2 Å². The Hall–Kier alpha value is -1.10. The molecule has 1 heterocycles. The van der Waals surface area contributed by atoms with E-state index in [4.69, 9.17) is 5.11 Å². The summed E-state index contributed by atoms with van der Waals surface area (Å²) in [5.74, 6) is -0.402. The maximum absolute atomic E-state index is 12.0. The second kappa shape index (κ2) is 6.00. The largest absolute Gasteiger partial charge is 0.481 e. The number of nitrogens with zero attached hydrogens (tertiary/aromatic N) is 2. The minimum Gasteiger partial charge on any atom is -0.481 e. The molecule has 5 heteroatoms. The third-order valence-corrected chi connectivity index (χ3v) is 3.43. The predicted molar refractivity (Wildman–Crippen MR) is 64.7 cm³/mol. The summed E-state index contributed by atoms with van der Waals surface area (Å²) >= 11 is 0. The second-order valence-corrected chi connectivity index (χ2v) is 4.60. The highest BCUT2D eigenvalue weighted by molar-refractivity contribution is 5.81. The molecule has 1 aliphatic heterocycles. The lowest BCUT2D eigenvalue weighted by Gasteiger charge is -2.43. The van der Waals surface area contributed by atoms with Gasteiger partial charge in [-0.1, -0.05) is 0 Å². The van der Waals surface area contributed by atoms with E-state index < -0.39 is 5.97 Å². The summed E-state index contributed by atoms with van der Waals surface area (Å²) in [4.78, 5) is 26.4. The number of hydrogen-bond donors (Lipinski definition) is 1. The molecule has 1 fully saturated rings. The van der Waals surface area contributed by atoms with E-state index >= 15 is 0 Å². The van der Waals surface area contributed by atoms with Crippen LogP contribution >= 0.6 is 0 Å². The first kappa shape index (κ1) is 14.0. The Kier molecular flexibility index (Phi) is 4.93. The van der Waals surface area contributed by atoms with Crippen molar-refractivity contribution in [3.63, 3.8) is 0 Å². The summed E-state index contributed by atoms with van der Waals surface area (Å²) in [7, 11) is 0. The second-order valence-electron chi connectivity index (χ2n) is 4.60. The summed E-state index contributed by atoms with van der Waals surface area (Å²) in [6.07, 6.45) is 0.211. The smallest absolute Gasteiger partial charge is 0.303 e. The fourth-order valence-electron chi connectivity index (χ4n) is 2.26. The number of carboxylic acids is 1. The van der Waals surface area contributed by atoms with E-state index in [0.29, 0.717) is 0 Å². The molecule has 1 aliphatic rings. The lowest BCUT2D eigenvalue weighted by molar-refractivity contribution is -0.142. The molecule has 5 nitrogen and oxygen atoms in total. The first-order valence-electron chi connectivity index (χ1n) is 6.24. The third kappa shape index (κ3) is 3.43. The summed E-state index contributed by atoms with van der Waals surface area (Å²) < 4.78 is 0. The molecule has 98 valence electrons. The van der Waals surface area contributed by atoms with Crippen LogP contribution in [0, 0.1) is 5.92 Å². The van der Waals surface area contributed by atoms with Crippen LogP contribution in [-0.4, -0.2) is 59.0 Å². The Morgan fingerprint density at radius 2 is 1.88 bits per heavy atom. The van der Waals surface area contributed by atoms with Crippen LogP contribution in [0.2, 0.25) is 0 Å². The third-order valence-electron chi connectivity index (χ3n) is 3.43. The maximum atomic E-state index is 12.0. The van der Waals surface area contributed by atoms with Crippen LogP contribution < -0.4 is 0 Å². The van der Waals surface area contributed by atoms with Gasteiger partial charge < -0.3 is 10.0 Å². The molecule has 0 radical (unpaired) electrons. The van der Waals surface area contributed by atoms with Gasteiger partial charge in [-0.25, -0.2) is 0 Å². The van der Waals surface area contributed by atoms with Crippen molar-refractivity contribution in [3.05, 3.63) is 0 Å². The predicted octanol–water partition coefficient (Wildman–Crippen LogP) is 0.650. The van der Waals surface area contributed by atoms with Gasteiger partial charge in [0.15, 0.2) is 0 Å². The quantitative estimate of drug-likeness (QED) is 0.743. The Balaban J connectivity index is 2.38. The Bertz CT molecular complexity index is 283. The zero-order valence-corrected chi connectivity index (χ0v) is 10.8. The SMILES string of the molecule is CCN(CC)C(=O)C(C)N1CC(CC(=O)O)C1. The number of carboxylic acid groups (broad SMARTS) is 1. The van der Waals surface area contributed by atoms with Gasteiger partial charge in [0.05, 0.1) is 12.5 Å². The van der Waals surface area contributed by atoms with Crippen LogP contribution in [0.4, 0.5) is 0 Å². The molecule has 1 atom stereocenters. The number of rotatable bonds is 6. The molecule has 0 aromatic rings. The molecule has 1 saturated heterocycles. The molecule has 1 amide bonds. The van der Waals surface area contributed by atoms with Gasteiger partial charge in [-0.2, -0.15) is 0 Å². The van der Waals surface area contributed by atoms with Crippen LogP contribution in [-0.2, 0) is 9.59 Å². The van der Waals surface area contributed by atoms with Crippen LogP contribution in [0.3, 0.4) is 0 Å². The normalized spacial score (nSPS) is 18.5. The fraction of sp³-hybridized carbons (Fsp3) is 0.833. The average molecular weight is 242 g/mol. The van der Waals surface area contributed by atoms with Crippen LogP contribution in [0.15, 0.2) is 0 Å². The molecule has 1 unspecified atom stereocenters. The Morgan fingerprint density at radius 1 is 1.35 bits per heavy atom. The molecule has 1 N–H and O–H groups in total. The average Bonchev–Trinajstić information content (AvgIpc) is 2.23. The monoisotopic (exact) mass is 242 g/mol. The number of likely N-dealkylation sites (tertiary alicyclic amines) is 1. The van der Waals surface area contributed by atoms with Crippen molar-refractivity contribution in [2.45, 2.75) is 33.2 Å². The first-order chi connectivity index (χ1) is 7.99. The topological polar surface area (TPSA) is 60.9 Å². The number of carbonyl (C=O) groups excluding carboxylic acids is 1. The van der Waals surface area contributed by atoms with Gasteiger partial charge in [-0.05, 0) is 26.7 Å². The number of carbonyl (C=O) groups is 2. The van der Waals surface area contributed by atoms with Crippen LogP contribution in [0.1, 0.15) is 27.2 Å². The summed E-state index contributed by atoms with van der Waals surface area (Å²) in [6.45, 7) is 8.74. The van der Waals surface area contributed by atoms with Crippen LogP contribution in [0.5, 0.6) is 0 Å². The molecule has 0 aliphatic carbocycles. The number of amides is 1. The Morgan fingerprint density at radius 3 is 2.29 bits per heavy atom. The molecule has 17 heavy (non-hydrogen) atoms. The molecule has 0 bridgehead atoms. The van der Waals surface area contributed by atoms with E-state index in [-0.39, 0.29) is 24.3 Å². The maximum Gasteiger partial charge on any atom is 0.303 e. The number of aliphatic carboxylic acids is 1. The van der Waals surface area contributed by atoms with Crippen molar-refractivity contribution in [1.29, 1.82) is 0 Å². The zero-order chi connectivity index (χ0) is 13.0. The Labute approximate surface area is 102 Å². The minimum absolute atomic E-state index is 0.125. The molecule has 0 aromatic heterocycles. The number of likely N-dealkylation sites (N-methyl/N-ethyl adjacent to an activating group) is 1. The van der Waals surface area contributed by atoms with Gasteiger partial charge in [0.1, 0.15) is 0 Å². The lowest BCUT2D eigenvalue weighted by Crippen LogP contribution is -2.57. The van der Waals surface area contributed by atoms with Crippen molar-refractivity contribution < 1.29 is 14.7 Å². The first-order valence-corrected chi connectivity index (χ1v) is 6.24. The van der Waals surface area contributed by atoms with E-state index in [0.717, 1.165) is 26.2 Å².